The monoisotopic (exact) mass is 364 g/mol. The zero-order chi connectivity index (χ0) is 18.8. The minimum absolute atomic E-state index is 0.0419. The van der Waals surface area contributed by atoms with E-state index in [1.807, 2.05) is 55.1 Å². The summed E-state index contributed by atoms with van der Waals surface area (Å²) >= 11 is 0. The van der Waals surface area contributed by atoms with Crippen LogP contribution in [-0.4, -0.2) is 51.4 Å². The predicted octanol–water partition coefficient (Wildman–Crippen LogP) is 3.37. The molecule has 1 aromatic carbocycles. The molecule has 4 rings (SSSR count). The summed E-state index contributed by atoms with van der Waals surface area (Å²) in [5.74, 6) is -0.0419. The van der Waals surface area contributed by atoms with E-state index in [0.717, 1.165) is 36.2 Å². The lowest BCUT2D eigenvalue weighted by molar-refractivity contribution is 0.00704. The molecule has 140 valence electrons. The first-order chi connectivity index (χ1) is 13.2. The van der Waals surface area contributed by atoms with Crippen LogP contribution in [0.2, 0.25) is 0 Å². The normalized spacial score (nSPS) is 17.4. The van der Waals surface area contributed by atoms with Crippen molar-refractivity contribution in [2.24, 2.45) is 0 Å². The number of aryl methyl sites for hydroxylation is 1. The number of likely N-dealkylation sites (tertiary alicyclic amines) is 1. The molecule has 0 N–H and O–H groups in total. The average molecular weight is 364 g/mol. The minimum atomic E-state index is -0.0419. The van der Waals surface area contributed by atoms with E-state index in [9.17, 15) is 4.79 Å². The van der Waals surface area contributed by atoms with E-state index in [1.54, 1.807) is 10.7 Å². The van der Waals surface area contributed by atoms with Gasteiger partial charge < -0.3 is 9.64 Å². The standard InChI is InChI=1S/C21H24N4O2/c1-3-27-17-10-7-13-24(14-17)21(26)19-12-11-18-15(2)23-25(20(18)22-19)16-8-5-4-6-9-16/h4-6,8-9,11-12,17H,3,7,10,13-14H2,1-2H3/t17-/m0/s1. The molecule has 0 bridgehead atoms. The van der Waals surface area contributed by atoms with E-state index in [4.69, 9.17) is 4.74 Å². The van der Waals surface area contributed by atoms with Crippen LogP contribution in [0, 0.1) is 6.92 Å². The lowest BCUT2D eigenvalue weighted by atomic mass is 10.1. The maximum absolute atomic E-state index is 13.0. The van der Waals surface area contributed by atoms with Crippen molar-refractivity contribution in [1.29, 1.82) is 0 Å². The highest BCUT2D eigenvalue weighted by Crippen LogP contribution is 2.22. The quantitative estimate of drug-likeness (QED) is 0.712. The fraction of sp³-hybridized carbons (Fsp3) is 0.381. The summed E-state index contributed by atoms with van der Waals surface area (Å²) < 4.78 is 7.53. The second-order valence-corrected chi connectivity index (χ2v) is 6.87. The maximum Gasteiger partial charge on any atom is 0.272 e. The van der Waals surface area contributed by atoms with E-state index < -0.39 is 0 Å². The summed E-state index contributed by atoms with van der Waals surface area (Å²) in [6, 6.07) is 13.6. The molecule has 3 aromatic rings. The molecule has 1 saturated heterocycles. The third kappa shape index (κ3) is 3.45. The van der Waals surface area contributed by atoms with Gasteiger partial charge in [-0.3, -0.25) is 4.79 Å². The van der Waals surface area contributed by atoms with Crippen LogP contribution >= 0.6 is 0 Å². The van der Waals surface area contributed by atoms with Gasteiger partial charge in [0.1, 0.15) is 5.69 Å². The first-order valence-electron chi connectivity index (χ1n) is 9.50. The summed E-state index contributed by atoms with van der Waals surface area (Å²) in [6.07, 6.45) is 2.08. The predicted molar refractivity (Wildman–Crippen MR) is 104 cm³/mol. The second kappa shape index (κ2) is 7.48. The van der Waals surface area contributed by atoms with Crippen LogP contribution in [0.15, 0.2) is 42.5 Å². The van der Waals surface area contributed by atoms with Crippen LogP contribution in [0.25, 0.3) is 16.7 Å². The molecule has 1 atom stereocenters. The Morgan fingerprint density at radius 2 is 2.04 bits per heavy atom. The molecule has 0 aliphatic carbocycles. The molecule has 0 spiro atoms. The number of nitrogens with zero attached hydrogens (tertiary/aromatic N) is 4. The summed E-state index contributed by atoms with van der Waals surface area (Å²) in [5, 5.41) is 5.58. The van der Waals surface area contributed by atoms with Gasteiger partial charge in [0.05, 0.1) is 17.5 Å². The van der Waals surface area contributed by atoms with Crippen molar-refractivity contribution in [1.82, 2.24) is 19.7 Å². The second-order valence-electron chi connectivity index (χ2n) is 6.87. The number of carbonyl (C=O) groups excluding carboxylic acids is 1. The van der Waals surface area contributed by atoms with Crippen molar-refractivity contribution >= 4 is 16.9 Å². The van der Waals surface area contributed by atoms with Crippen LogP contribution in [0.1, 0.15) is 35.9 Å². The van der Waals surface area contributed by atoms with E-state index in [0.29, 0.717) is 24.5 Å². The Morgan fingerprint density at radius 1 is 1.22 bits per heavy atom. The van der Waals surface area contributed by atoms with Crippen molar-refractivity contribution in [3.63, 3.8) is 0 Å². The van der Waals surface area contributed by atoms with Gasteiger partial charge in [-0.05, 0) is 51.0 Å². The molecule has 3 heterocycles. The number of aromatic nitrogens is 3. The Morgan fingerprint density at radius 3 is 2.81 bits per heavy atom. The van der Waals surface area contributed by atoms with Gasteiger partial charge in [0.2, 0.25) is 0 Å². The zero-order valence-corrected chi connectivity index (χ0v) is 15.8. The van der Waals surface area contributed by atoms with Crippen LogP contribution in [0.5, 0.6) is 0 Å². The van der Waals surface area contributed by atoms with Gasteiger partial charge in [-0.1, -0.05) is 18.2 Å². The molecule has 1 fully saturated rings. The van der Waals surface area contributed by atoms with Crippen LogP contribution < -0.4 is 0 Å². The van der Waals surface area contributed by atoms with E-state index >= 15 is 0 Å². The molecule has 6 heteroatoms. The van der Waals surface area contributed by atoms with Crippen molar-refractivity contribution in [2.45, 2.75) is 32.8 Å². The van der Waals surface area contributed by atoms with Crippen molar-refractivity contribution < 1.29 is 9.53 Å². The smallest absolute Gasteiger partial charge is 0.272 e. The van der Waals surface area contributed by atoms with Gasteiger partial charge in [0.25, 0.3) is 5.91 Å². The number of piperidine rings is 1. The number of fused-ring (bicyclic) bond motifs is 1. The number of carbonyl (C=O) groups is 1. The molecule has 27 heavy (non-hydrogen) atoms. The fourth-order valence-corrected chi connectivity index (χ4v) is 3.67. The number of hydrogen-bond donors (Lipinski definition) is 0. The lowest BCUT2D eigenvalue weighted by Crippen LogP contribution is -2.43. The number of amides is 1. The summed E-state index contributed by atoms with van der Waals surface area (Å²) in [6.45, 7) is 6.00. The first kappa shape index (κ1) is 17.7. The van der Waals surface area contributed by atoms with Gasteiger partial charge >= 0.3 is 0 Å². The highest BCUT2D eigenvalue weighted by atomic mass is 16.5. The Hall–Kier alpha value is -2.73. The SMILES string of the molecule is CCO[C@H]1CCCN(C(=O)c2ccc3c(C)nn(-c4ccccc4)c3n2)C1. The number of rotatable bonds is 4. The molecule has 0 radical (unpaired) electrons. The fourth-order valence-electron chi connectivity index (χ4n) is 3.67. The van der Waals surface area contributed by atoms with E-state index in [1.165, 1.54) is 0 Å². The Balaban J connectivity index is 1.68. The molecule has 0 saturated carbocycles. The van der Waals surface area contributed by atoms with Crippen LogP contribution in [0.4, 0.5) is 0 Å². The van der Waals surface area contributed by atoms with Gasteiger partial charge in [0.15, 0.2) is 5.65 Å². The van der Waals surface area contributed by atoms with Gasteiger partial charge in [-0.25, -0.2) is 9.67 Å². The maximum atomic E-state index is 13.0. The number of para-hydroxylation sites is 1. The highest BCUT2D eigenvalue weighted by molar-refractivity contribution is 5.95. The zero-order valence-electron chi connectivity index (χ0n) is 15.8. The Labute approximate surface area is 158 Å². The van der Waals surface area contributed by atoms with Gasteiger partial charge in [-0.2, -0.15) is 5.10 Å². The highest BCUT2D eigenvalue weighted by Gasteiger charge is 2.26. The molecular weight excluding hydrogens is 340 g/mol. The van der Waals surface area contributed by atoms with Gasteiger partial charge in [0, 0.05) is 25.1 Å². The number of benzene rings is 1. The number of hydrogen-bond acceptors (Lipinski definition) is 4. The van der Waals surface area contributed by atoms with Crippen molar-refractivity contribution in [2.75, 3.05) is 19.7 Å². The van der Waals surface area contributed by atoms with Crippen LogP contribution in [-0.2, 0) is 4.74 Å². The van der Waals surface area contributed by atoms with E-state index in [2.05, 4.69) is 10.1 Å². The first-order valence-corrected chi connectivity index (χ1v) is 9.50. The third-order valence-electron chi connectivity index (χ3n) is 5.00. The average Bonchev–Trinajstić information content (AvgIpc) is 3.04. The third-order valence-corrected chi connectivity index (χ3v) is 5.00. The largest absolute Gasteiger partial charge is 0.377 e. The molecule has 1 amide bonds. The summed E-state index contributed by atoms with van der Waals surface area (Å²) in [4.78, 5) is 19.6. The molecule has 1 aliphatic rings. The topological polar surface area (TPSA) is 60.2 Å². The Kier molecular flexibility index (Phi) is 4.90. The van der Waals surface area contributed by atoms with Crippen molar-refractivity contribution in [3.8, 4) is 5.69 Å². The minimum Gasteiger partial charge on any atom is -0.377 e. The van der Waals surface area contributed by atoms with Gasteiger partial charge in [-0.15, -0.1) is 0 Å². The van der Waals surface area contributed by atoms with Crippen LogP contribution in [0.3, 0.4) is 0 Å². The molecule has 6 nitrogen and oxygen atoms in total. The molecule has 1 aliphatic heterocycles. The number of ether oxygens (including phenoxy) is 1. The lowest BCUT2D eigenvalue weighted by Gasteiger charge is -2.32. The number of pyridine rings is 1. The summed E-state index contributed by atoms with van der Waals surface area (Å²) in [7, 11) is 0. The van der Waals surface area contributed by atoms with Crippen molar-refractivity contribution in [3.05, 3.63) is 53.9 Å². The molecular formula is C21H24N4O2. The summed E-state index contributed by atoms with van der Waals surface area (Å²) in [5.41, 5.74) is 3.00. The Bertz CT molecular complexity index is 949. The van der Waals surface area contributed by atoms with E-state index in [-0.39, 0.29) is 12.0 Å². The molecule has 0 unspecified atom stereocenters. The molecule has 2 aromatic heterocycles.